The maximum atomic E-state index is 12.6. The Labute approximate surface area is 153 Å². The van der Waals surface area contributed by atoms with Gasteiger partial charge < -0.3 is 14.8 Å². The van der Waals surface area contributed by atoms with Crippen LogP contribution in [0, 0.1) is 0 Å². The van der Waals surface area contributed by atoms with Gasteiger partial charge in [-0.25, -0.2) is 8.42 Å². The number of hydrogen-bond acceptors (Lipinski definition) is 5. The molecule has 2 aromatic rings. The number of amides is 1. The van der Waals surface area contributed by atoms with Crippen LogP contribution < -0.4 is 14.8 Å². The van der Waals surface area contributed by atoms with Gasteiger partial charge in [-0.3, -0.25) is 9.52 Å². The van der Waals surface area contributed by atoms with E-state index in [0.717, 1.165) is 0 Å². The molecule has 0 bridgehead atoms. The normalized spacial score (nSPS) is 11.0. The molecule has 2 rings (SSSR count). The highest BCUT2D eigenvalue weighted by Gasteiger charge is 2.16. The van der Waals surface area contributed by atoms with Crippen molar-refractivity contribution in [3.63, 3.8) is 0 Å². The summed E-state index contributed by atoms with van der Waals surface area (Å²) in [6, 6.07) is 12.4. The minimum absolute atomic E-state index is 0.00535. The number of carbonyl (C=O) groups is 1. The topological polar surface area (TPSA) is 93.7 Å². The number of methoxy groups -OCH3 is 1. The van der Waals surface area contributed by atoms with Gasteiger partial charge in [-0.2, -0.15) is 0 Å². The Bertz CT molecular complexity index is 835. The van der Waals surface area contributed by atoms with Crippen molar-refractivity contribution in [2.45, 2.75) is 11.8 Å². The molecule has 0 aliphatic heterocycles. The van der Waals surface area contributed by atoms with E-state index in [9.17, 15) is 13.2 Å². The number of ether oxygens (including phenoxy) is 2. The summed E-state index contributed by atoms with van der Waals surface area (Å²) in [5, 5.41) is 2.65. The SMILES string of the molecule is CCOc1ccc(NS(=O)(=O)c2cccc(C(=O)NCCOC)c2)cc1. The summed E-state index contributed by atoms with van der Waals surface area (Å²) in [4.78, 5) is 12.1. The van der Waals surface area contributed by atoms with Gasteiger partial charge in [0.15, 0.2) is 0 Å². The Morgan fingerprint density at radius 2 is 1.85 bits per heavy atom. The molecule has 1 amide bonds. The molecule has 0 aromatic heterocycles. The highest BCUT2D eigenvalue weighted by Crippen LogP contribution is 2.20. The molecule has 0 saturated heterocycles. The lowest BCUT2D eigenvalue weighted by atomic mass is 10.2. The van der Waals surface area contributed by atoms with Crippen LogP contribution >= 0.6 is 0 Å². The summed E-state index contributed by atoms with van der Waals surface area (Å²) in [7, 11) is -2.28. The Morgan fingerprint density at radius 3 is 2.50 bits per heavy atom. The summed E-state index contributed by atoms with van der Waals surface area (Å²) in [5.41, 5.74) is 0.666. The molecule has 0 aliphatic rings. The Morgan fingerprint density at radius 1 is 1.12 bits per heavy atom. The van der Waals surface area contributed by atoms with Crippen molar-refractivity contribution in [1.82, 2.24) is 5.32 Å². The molecule has 0 fully saturated rings. The summed E-state index contributed by atoms with van der Waals surface area (Å²) < 4.78 is 37.8. The van der Waals surface area contributed by atoms with E-state index in [1.54, 1.807) is 30.3 Å². The van der Waals surface area contributed by atoms with E-state index in [4.69, 9.17) is 9.47 Å². The Hall–Kier alpha value is -2.58. The molecule has 0 aliphatic carbocycles. The molecular formula is C18H22N2O5S. The maximum Gasteiger partial charge on any atom is 0.261 e. The average molecular weight is 378 g/mol. The van der Waals surface area contributed by atoms with Crippen molar-refractivity contribution in [1.29, 1.82) is 0 Å². The summed E-state index contributed by atoms with van der Waals surface area (Å²) in [5.74, 6) is 0.297. The van der Waals surface area contributed by atoms with E-state index in [-0.39, 0.29) is 16.4 Å². The second kappa shape index (κ2) is 9.21. The predicted molar refractivity (Wildman–Crippen MR) is 99.1 cm³/mol. The first kappa shape index (κ1) is 19.7. The molecule has 140 valence electrons. The van der Waals surface area contributed by atoms with Crippen molar-refractivity contribution in [2.24, 2.45) is 0 Å². The summed E-state index contributed by atoms with van der Waals surface area (Å²) in [6.07, 6.45) is 0. The van der Waals surface area contributed by atoms with Crippen LogP contribution in [-0.4, -0.2) is 41.2 Å². The lowest BCUT2D eigenvalue weighted by Crippen LogP contribution is -2.27. The van der Waals surface area contributed by atoms with E-state index in [0.29, 0.717) is 31.2 Å². The van der Waals surface area contributed by atoms with Crippen molar-refractivity contribution in [2.75, 3.05) is 31.6 Å². The second-order valence-corrected chi connectivity index (χ2v) is 7.02. The lowest BCUT2D eigenvalue weighted by molar-refractivity contribution is 0.0937. The van der Waals surface area contributed by atoms with E-state index in [1.807, 2.05) is 6.92 Å². The van der Waals surface area contributed by atoms with Gasteiger partial charge in [0.1, 0.15) is 5.75 Å². The predicted octanol–water partition coefficient (Wildman–Crippen LogP) is 2.26. The third-order valence-electron chi connectivity index (χ3n) is 3.42. The van der Waals surface area contributed by atoms with Gasteiger partial charge in [-0.15, -0.1) is 0 Å². The third-order valence-corrected chi connectivity index (χ3v) is 4.79. The van der Waals surface area contributed by atoms with Gasteiger partial charge in [0.25, 0.3) is 15.9 Å². The van der Waals surface area contributed by atoms with Crippen LogP contribution in [0.2, 0.25) is 0 Å². The van der Waals surface area contributed by atoms with Crippen LogP contribution in [0.3, 0.4) is 0 Å². The first-order chi connectivity index (χ1) is 12.5. The first-order valence-electron chi connectivity index (χ1n) is 8.09. The van der Waals surface area contributed by atoms with E-state index in [2.05, 4.69) is 10.0 Å². The van der Waals surface area contributed by atoms with Crippen molar-refractivity contribution < 1.29 is 22.7 Å². The zero-order valence-electron chi connectivity index (χ0n) is 14.7. The zero-order chi connectivity index (χ0) is 19.0. The lowest BCUT2D eigenvalue weighted by Gasteiger charge is -2.10. The number of sulfonamides is 1. The zero-order valence-corrected chi connectivity index (χ0v) is 15.5. The molecule has 8 heteroatoms. The number of carbonyl (C=O) groups excluding carboxylic acids is 1. The molecule has 0 radical (unpaired) electrons. The van der Waals surface area contributed by atoms with Crippen molar-refractivity contribution in [3.8, 4) is 5.75 Å². The van der Waals surface area contributed by atoms with Crippen LogP contribution in [0.5, 0.6) is 5.75 Å². The fraction of sp³-hybridized carbons (Fsp3) is 0.278. The van der Waals surface area contributed by atoms with Gasteiger partial charge in [-0.1, -0.05) is 6.07 Å². The van der Waals surface area contributed by atoms with Gasteiger partial charge in [-0.05, 0) is 49.4 Å². The second-order valence-electron chi connectivity index (χ2n) is 5.34. The number of hydrogen-bond donors (Lipinski definition) is 2. The van der Waals surface area contributed by atoms with Crippen LogP contribution in [0.25, 0.3) is 0 Å². The van der Waals surface area contributed by atoms with Crippen molar-refractivity contribution in [3.05, 3.63) is 54.1 Å². The molecule has 0 heterocycles. The fourth-order valence-corrected chi connectivity index (χ4v) is 3.28. The van der Waals surface area contributed by atoms with Crippen LogP contribution in [-0.2, 0) is 14.8 Å². The Kier molecular flexibility index (Phi) is 6.99. The van der Waals surface area contributed by atoms with Crippen molar-refractivity contribution >= 4 is 21.6 Å². The molecule has 2 N–H and O–H groups in total. The largest absolute Gasteiger partial charge is 0.494 e. The van der Waals surface area contributed by atoms with E-state index in [1.165, 1.54) is 25.3 Å². The highest BCUT2D eigenvalue weighted by atomic mass is 32.2. The highest BCUT2D eigenvalue weighted by molar-refractivity contribution is 7.92. The first-order valence-corrected chi connectivity index (χ1v) is 9.57. The molecule has 26 heavy (non-hydrogen) atoms. The summed E-state index contributed by atoms with van der Waals surface area (Å²) in [6.45, 7) is 3.12. The molecule has 0 unspecified atom stereocenters. The number of rotatable bonds is 9. The molecule has 7 nitrogen and oxygen atoms in total. The van der Waals surface area contributed by atoms with E-state index >= 15 is 0 Å². The minimum Gasteiger partial charge on any atom is -0.494 e. The van der Waals surface area contributed by atoms with Gasteiger partial charge >= 0.3 is 0 Å². The summed E-state index contributed by atoms with van der Waals surface area (Å²) >= 11 is 0. The number of benzene rings is 2. The van der Waals surface area contributed by atoms with Gasteiger partial charge in [0.2, 0.25) is 0 Å². The number of nitrogens with one attached hydrogen (secondary N) is 2. The molecule has 2 aromatic carbocycles. The molecule has 0 atom stereocenters. The third kappa shape index (κ3) is 5.47. The minimum atomic E-state index is -3.82. The van der Waals surface area contributed by atoms with Crippen LogP contribution in [0.15, 0.2) is 53.4 Å². The Balaban J connectivity index is 2.13. The maximum absolute atomic E-state index is 12.6. The smallest absolute Gasteiger partial charge is 0.261 e. The van der Waals surface area contributed by atoms with Crippen LogP contribution in [0.4, 0.5) is 5.69 Å². The molecule has 0 spiro atoms. The number of anilines is 1. The average Bonchev–Trinajstić information content (AvgIpc) is 2.63. The molecular weight excluding hydrogens is 356 g/mol. The standard InChI is InChI=1S/C18H22N2O5S/c1-3-25-16-9-7-15(8-10-16)20-26(22,23)17-6-4-5-14(13-17)18(21)19-11-12-24-2/h4-10,13,20H,3,11-12H2,1-2H3,(H,19,21). The van der Waals surface area contributed by atoms with E-state index < -0.39 is 10.0 Å². The quantitative estimate of drug-likeness (QED) is 0.653. The van der Waals surface area contributed by atoms with Gasteiger partial charge in [0, 0.05) is 24.9 Å². The fourth-order valence-electron chi connectivity index (χ4n) is 2.17. The molecule has 0 saturated carbocycles. The monoisotopic (exact) mass is 378 g/mol. The van der Waals surface area contributed by atoms with Gasteiger partial charge in [0.05, 0.1) is 18.1 Å². The van der Waals surface area contributed by atoms with Crippen LogP contribution in [0.1, 0.15) is 17.3 Å².